The van der Waals surface area contributed by atoms with Crippen LogP contribution in [-0.2, 0) is 6.54 Å². The summed E-state index contributed by atoms with van der Waals surface area (Å²) in [6, 6.07) is 6.16. The molecule has 60 valence electrons. The van der Waals surface area contributed by atoms with Gasteiger partial charge in [-0.2, -0.15) is 4.57 Å². The largest absolute Gasteiger partial charge is 0.247 e. The summed E-state index contributed by atoms with van der Waals surface area (Å²) in [5, 5.41) is 0. The molecule has 0 aliphatic carbocycles. The highest BCUT2D eigenvalue weighted by atomic mass is 79.9. The fourth-order valence-electron chi connectivity index (χ4n) is 0.965. The van der Waals surface area contributed by atoms with Crippen LogP contribution in [0.2, 0.25) is 0 Å². The van der Waals surface area contributed by atoms with E-state index in [2.05, 4.69) is 45.8 Å². The van der Waals surface area contributed by atoms with Gasteiger partial charge in [0.2, 0.25) is 4.60 Å². The number of rotatable bonds is 3. The van der Waals surface area contributed by atoms with Crippen LogP contribution in [0.15, 0.2) is 29.0 Å². The maximum Gasteiger partial charge on any atom is 0.247 e. The molecular formula is C9H13BrN+. The minimum atomic E-state index is 1.11. The maximum absolute atomic E-state index is 3.49. The molecule has 2 heteroatoms. The normalized spacial score (nSPS) is 10.0. The van der Waals surface area contributed by atoms with Crippen molar-refractivity contribution in [1.82, 2.24) is 0 Å². The molecule has 1 nitrogen and oxygen atoms in total. The highest BCUT2D eigenvalue weighted by Crippen LogP contribution is 2.01. The van der Waals surface area contributed by atoms with E-state index in [1.54, 1.807) is 0 Å². The first-order valence-electron chi connectivity index (χ1n) is 3.98. The minimum Gasteiger partial charge on any atom is -0.193 e. The SMILES string of the molecule is CCCC[n+]1ccccc1Br. The van der Waals surface area contributed by atoms with Crippen molar-refractivity contribution in [3.05, 3.63) is 29.0 Å². The third kappa shape index (κ3) is 2.62. The van der Waals surface area contributed by atoms with Gasteiger partial charge >= 0.3 is 0 Å². The summed E-state index contributed by atoms with van der Waals surface area (Å²) in [7, 11) is 0. The Balaban J connectivity index is 2.62. The number of hydrogen-bond acceptors (Lipinski definition) is 0. The monoisotopic (exact) mass is 214 g/mol. The molecule has 0 fully saturated rings. The van der Waals surface area contributed by atoms with Crippen molar-refractivity contribution in [2.24, 2.45) is 0 Å². The van der Waals surface area contributed by atoms with Gasteiger partial charge in [-0.25, -0.2) is 0 Å². The van der Waals surface area contributed by atoms with Crippen LogP contribution in [0, 0.1) is 0 Å². The molecule has 0 aromatic carbocycles. The molecule has 0 radical (unpaired) electrons. The summed E-state index contributed by atoms with van der Waals surface area (Å²) in [5.41, 5.74) is 0. The molecule has 1 aromatic heterocycles. The minimum absolute atomic E-state index is 1.11. The number of pyridine rings is 1. The Morgan fingerprint density at radius 3 is 2.91 bits per heavy atom. The Hall–Kier alpha value is -0.370. The van der Waals surface area contributed by atoms with Crippen LogP contribution in [-0.4, -0.2) is 0 Å². The van der Waals surface area contributed by atoms with E-state index >= 15 is 0 Å². The van der Waals surface area contributed by atoms with Crippen LogP contribution in [0.5, 0.6) is 0 Å². The first-order valence-corrected chi connectivity index (χ1v) is 4.78. The van der Waals surface area contributed by atoms with Crippen LogP contribution >= 0.6 is 15.9 Å². The van der Waals surface area contributed by atoms with Gasteiger partial charge in [-0.05, 0) is 6.07 Å². The molecule has 0 spiro atoms. The van der Waals surface area contributed by atoms with E-state index in [0.29, 0.717) is 0 Å². The average molecular weight is 215 g/mol. The molecule has 0 aliphatic rings. The van der Waals surface area contributed by atoms with Gasteiger partial charge in [0.25, 0.3) is 0 Å². The van der Waals surface area contributed by atoms with Gasteiger partial charge in [0, 0.05) is 34.5 Å². The summed E-state index contributed by atoms with van der Waals surface area (Å²) < 4.78 is 3.37. The fraction of sp³-hybridized carbons (Fsp3) is 0.444. The Labute approximate surface area is 76.2 Å². The topological polar surface area (TPSA) is 3.88 Å². The molecule has 0 atom stereocenters. The Morgan fingerprint density at radius 1 is 1.45 bits per heavy atom. The van der Waals surface area contributed by atoms with E-state index in [1.165, 1.54) is 12.8 Å². The summed E-state index contributed by atoms with van der Waals surface area (Å²) in [4.78, 5) is 0. The van der Waals surface area contributed by atoms with Crippen LogP contribution in [0.1, 0.15) is 19.8 Å². The van der Waals surface area contributed by atoms with E-state index in [-0.39, 0.29) is 0 Å². The summed E-state index contributed by atoms with van der Waals surface area (Å²) >= 11 is 3.49. The molecule has 0 N–H and O–H groups in total. The molecule has 0 aliphatic heterocycles. The van der Waals surface area contributed by atoms with Crippen LogP contribution in [0.25, 0.3) is 0 Å². The Bertz CT molecular complexity index is 223. The molecule has 0 amide bonds. The standard InChI is InChI=1S/C9H13BrN/c1-2-3-7-11-8-5-4-6-9(11)10/h4-6,8H,2-3,7H2,1H3/q+1. The quantitative estimate of drug-likeness (QED) is 0.538. The fourth-order valence-corrected chi connectivity index (χ4v) is 1.41. The van der Waals surface area contributed by atoms with E-state index in [9.17, 15) is 0 Å². The second-order valence-corrected chi connectivity index (χ2v) is 3.38. The first-order chi connectivity index (χ1) is 5.34. The van der Waals surface area contributed by atoms with Crippen LogP contribution < -0.4 is 4.57 Å². The van der Waals surface area contributed by atoms with Gasteiger partial charge < -0.3 is 0 Å². The smallest absolute Gasteiger partial charge is 0.193 e. The van der Waals surface area contributed by atoms with E-state index in [4.69, 9.17) is 0 Å². The van der Waals surface area contributed by atoms with Crippen LogP contribution in [0.3, 0.4) is 0 Å². The number of hydrogen-bond donors (Lipinski definition) is 0. The predicted octanol–water partition coefficient (Wildman–Crippen LogP) is 2.54. The first kappa shape index (κ1) is 8.72. The highest BCUT2D eigenvalue weighted by molar-refractivity contribution is 9.10. The van der Waals surface area contributed by atoms with Gasteiger partial charge in [-0.1, -0.05) is 13.3 Å². The molecule has 0 unspecified atom stereocenters. The molecular weight excluding hydrogens is 202 g/mol. The zero-order valence-corrected chi connectivity index (χ0v) is 8.34. The summed E-state index contributed by atoms with van der Waals surface area (Å²) in [6.07, 6.45) is 4.58. The molecule has 1 heterocycles. The molecule has 0 saturated heterocycles. The van der Waals surface area contributed by atoms with Crippen molar-refractivity contribution in [3.8, 4) is 0 Å². The van der Waals surface area contributed by atoms with Crippen molar-refractivity contribution in [1.29, 1.82) is 0 Å². The van der Waals surface area contributed by atoms with Gasteiger partial charge in [0.15, 0.2) is 6.20 Å². The lowest BCUT2D eigenvalue weighted by molar-refractivity contribution is -0.707. The second kappa shape index (κ2) is 4.50. The van der Waals surface area contributed by atoms with Gasteiger partial charge in [-0.15, -0.1) is 0 Å². The second-order valence-electron chi connectivity index (χ2n) is 2.57. The molecule has 11 heavy (non-hydrogen) atoms. The zero-order valence-electron chi connectivity index (χ0n) is 6.76. The van der Waals surface area contributed by atoms with Crippen molar-refractivity contribution >= 4 is 15.9 Å². The lowest BCUT2D eigenvalue weighted by Crippen LogP contribution is -2.34. The lowest BCUT2D eigenvalue weighted by Gasteiger charge is -1.95. The molecule has 0 saturated carbocycles. The molecule has 1 rings (SSSR count). The van der Waals surface area contributed by atoms with Gasteiger partial charge in [-0.3, -0.25) is 0 Å². The number of unbranched alkanes of at least 4 members (excludes halogenated alkanes) is 1. The Kier molecular flexibility index (Phi) is 3.57. The molecule has 1 aromatic rings. The Morgan fingerprint density at radius 2 is 2.27 bits per heavy atom. The van der Waals surface area contributed by atoms with Crippen molar-refractivity contribution in [2.45, 2.75) is 26.3 Å². The van der Waals surface area contributed by atoms with E-state index in [1.807, 2.05) is 6.07 Å². The number of aryl methyl sites for hydroxylation is 1. The highest BCUT2D eigenvalue weighted by Gasteiger charge is 2.02. The maximum atomic E-state index is 3.49. The number of halogens is 1. The summed E-state index contributed by atoms with van der Waals surface area (Å²) in [5.74, 6) is 0. The average Bonchev–Trinajstić information content (AvgIpc) is 2.03. The van der Waals surface area contributed by atoms with Gasteiger partial charge in [0.1, 0.15) is 6.54 Å². The number of nitrogens with zero attached hydrogens (tertiary/aromatic N) is 1. The lowest BCUT2D eigenvalue weighted by atomic mass is 10.3. The van der Waals surface area contributed by atoms with Crippen molar-refractivity contribution in [2.75, 3.05) is 0 Å². The van der Waals surface area contributed by atoms with Crippen molar-refractivity contribution < 1.29 is 4.57 Å². The van der Waals surface area contributed by atoms with E-state index in [0.717, 1.165) is 11.1 Å². The summed E-state index contributed by atoms with van der Waals surface area (Å²) in [6.45, 7) is 3.31. The van der Waals surface area contributed by atoms with Gasteiger partial charge in [0.05, 0.1) is 0 Å². The zero-order chi connectivity index (χ0) is 8.10. The number of aromatic nitrogens is 1. The molecule has 0 bridgehead atoms. The van der Waals surface area contributed by atoms with E-state index < -0.39 is 0 Å². The predicted molar refractivity (Wildman–Crippen MR) is 49.2 cm³/mol. The third-order valence-corrected chi connectivity index (χ3v) is 2.36. The van der Waals surface area contributed by atoms with Crippen molar-refractivity contribution in [3.63, 3.8) is 0 Å². The van der Waals surface area contributed by atoms with Crippen LogP contribution in [0.4, 0.5) is 0 Å². The third-order valence-electron chi connectivity index (χ3n) is 1.64.